The van der Waals surface area contributed by atoms with E-state index in [1.807, 2.05) is 7.05 Å². The van der Waals surface area contributed by atoms with Gasteiger partial charge in [0.15, 0.2) is 0 Å². The van der Waals surface area contributed by atoms with E-state index in [1.54, 1.807) is 0 Å². The van der Waals surface area contributed by atoms with E-state index in [-0.39, 0.29) is 0 Å². The first-order chi connectivity index (χ1) is 8.86. The van der Waals surface area contributed by atoms with Crippen molar-refractivity contribution in [1.82, 2.24) is 9.97 Å². The van der Waals surface area contributed by atoms with Gasteiger partial charge in [0, 0.05) is 39.3 Å². The van der Waals surface area contributed by atoms with Crippen LogP contribution in [0.15, 0.2) is 6.07 Å². The number of nitrogens with zero attached hydrogens (tertiary/aromatic N) is 4. The quantitative estimate of drug-likeness (QED) is 0.881. The Morgan fingerprint density at radius 1 is 0.944 bits per heavy atom. The molecule has 0 amide bonds. The van der Waals surface area contributed by atoms with Crippen molar-refractivity contribution in [2.75, 3.05) is 48.3 Å². The molecule has 2 fully saturated rings. The zero-order chi connectivity index (χ0) is 12.4. The van der Waals surface area contributed by atoms with Crippen molar-refractivity contribution in [3.8, 4) is 0 Å². The van der Waals surface area contributed by atoms with E-state index in [1.165, 1.54) is 25.7 Å². The zero-order valence-electron chi connectivity index (χ0n) is 11.0. The highest BCUT2D eigenvalue weighted by molar-refractivity contribution is 5.54. The normalized spacial score (nSPS) is 19.6. The second-order valence-corrected chi connectivity index (χ2v) is 5.05. The van der Waals surface area contributed by atoms with E-state index in [9.17, 15) is 0 Å². The molecule has 2 aliphatic rings. The van der Waals surface area contributed by atoms with Crippen molar-refractivity contribution in [2.24, 2.45) is 0 Å². The van der Waals surface area contributed by atoms with Crippen LogP contribution >= 0.6 is 0 Å². The second-order valence-electron chi connectivity index (χ2n) is 5.05. The van der Waals surface area contributed by atoms with Gasteiger partial charge < -0.3 is 15.1 Å². The largest absolute Gasteiger partial charge is 0.373 e. The Bertz CT molecular complexity index is 374. The van der Waals surface area contributed by atoms with Crippen LogP contribution in [0.5, 0.6) is 0 Å². The monoisotopic (exact) mass is 247 g/mol. The van der Waals surface area contributed by atoms with Crippen molar-refractivity contribution in [1.29, 1.82) is 0 Å². The number of hydrogen-bond donors (Lipinski definition) is 1. The molecule has 18 heavy (non-hydrogen) atoms. The minimum absolute atomic E-state index is 0.890. The average Bonchev–Trinajstić information content (AvgIpc) is 3.10. The number of hydrogen-bond acceptors (Lipinski definition) is 5. The number of anilines is 3. The summed E-state index contributed by atoms with van der Waals surface area (Å²) >= 11 is 0. The Morgan fingerprint density at radius 3 is 2.17 bits per heavy atom. The molecule has 0 atom stereocenters. The Morgan fingerprint density at radius 2 is 1.56 bits per heavy atom. The lowest BCUT2D eigenvalue weighted by Crippen LogP contribution is -2.24. The molecular weight excluding hydrogens is 226 g/mol. The Kier molecular flexibility index (Phi) is 3.21. The molecule has 0 saturated carbocycles. The highest BCUT2D eigenvalue weighted by Gasteiger charge is 2.19. The van der Waals surface area contributed by atoms with Gasteiger partial charge in [-0.25, -0.2) is 0 Å². The number of aromatic nitrogens is 2. The fourth-order valence-electron chi connectivity index (χ4n) is 2.72. The van der Waals surface area contributed by atoms with E-state index >= 15 is 0 Å². The van der Waals surface area contributed by atoms with Crippen LogP contribution < -0.4 is 15.1 Å². The van der Waals surface area contributed by atoms with E-state index in [0.717, 1.165) is 43.8 Å². The molecule has 0 aliphatic carbocycles. The molecule has 0 aromatic carbocycles. The summed E-state index contributed by atoms with van der Waals surface area (Å²) in [4.78, 5) is 14.0. The van der Waals surface area contributed by atoms with E-state index < -0.39 is 0 Å². The van der Waals surface area contributed by atoms with Crippen LogP contribution in [-0.4, -0.2) is 43.2 Å². The molecule has 3 heterocycles. The molecule has 0 radical (unpaired) electrons. The molecule has 1 aromatic rings. The lowest BCUT2D eigenvalue weighted by Gasteiger charge is -2.21. The lowest BCUT2D eigenvalue weighted by molar-refractivity contribution is 0.872. The van der Waals surface area contributed by atoms with Gasteiger partial charge >= 0.3 is 0 Å². The summed E-state index contributed by atoms with van der Waals surface area (Å²) in [5, 5.41) is 3.15. The van der Waals surface area contributed by atoms with Crippen LogP contribution in [0.25, 0.3) is 0 Å². The van der Waals surface area contributed by atoms with Crippen molar-refractivity contribution in [3.05, 3.63) is 6.07 Å². The molecule has 0 unspecified atom stereocenters. The van der Waals surface area contributed by atoms with Gasteiger partial charge in [-0.3, -0.25) is 0 Å². The molecule has 1 N–H and O–H groups in total. The van der Waals surface area contributed by atoms with Crippen LogP contribution in [0, 0.1) is 0 Å². The number of rotatable bonds is 3. The van der Waals surface area contributed by atoms with Crippen molar-refractivity contribution < 1.29 is 0 Å². The first-order valence-electron chi connectivity index (χ1n) is 6.93. The molecule has 5 heteroatoms. The van der Waals surface area contributed by atoms with Crippen molar-refractivity contribution >= 4 is 17.6 Å². The van der Waals surface area contributed by atoms with Gasteiger partial charge in [0.2, 0.25) is 5.95 Å². The molecule has 0 spiro atoms. The summed E-state index contributed by atoms with van der Waals surface area (Å²) in [5.41, 5.74) is 0. The van der Waals surface area contributed by atoms with Crippen molar-refractivity contribution in [3.63, 3.8) is 0 Å². The van der Waals surface area contributed by atoms with Gasteiger partial charge in [-0.2, -0.15) is 9.97 Å². The van der Waals surface area contributed by atoms with E-state index in [2.05, 4.69) is 26.2 Å². The van der Waals surface area contributed by atoms with Gasteiger partial charge in [0.05, 0.1) is 0 Å². The lowest BCUT2D eigenvalue weighted by atomic mass is 10.4. The maximum Gasteiger partial charge on any atom is 0.229 e. The maximum atomic E-state index is 4.75. The summed E-state index contributed by atoms with van der Waals surface area (Å²) < 4.78 is 0. The Balaban J connectivity index is 1.90. The zero-order valence-corrected chi connectivity index (χ0v) is 11.0. The first kappa shape index (κ1) is 11.6. The van der Waals surface area contributed by atoms with Crippen LogP contribution in [0.2, 0.25) is 0 Å². The molecule has 98 valence electrons. The third kappa shape index (κ3) is 2.21. The summed E-state index contributed by atoms with van der Waals surface area (Å²) in [6.07, 6.45) is 5.06. The fraction of sp³-hybridized carbons (Fsp3) is 0.692. The molecule has 5 nitrogen and oxygen atoms in total. The van der Waals surface area contributed by atoms with Gasteiger partial charge in [0.1, 0.15) is 11.6 Å². The molecule has 3 rings (SSSR count). The Labute approximate surface area is 108 Å². The summed E-state index contributed by atoms with van der Waals surface area (Å²) in [6.45, 7) is 4.43. The third-order valence-corrected chi connectivity index (χ3v) is 3.78. The van der Waals surface area contributed by atoms with Crippen LogP contribution in [0.1, 0.15) is 25.7 Å². The molecular formula is C13H21N5. The van der Waals surface area contributed by atoms with Gasteiger partial charge in [-0.1, -0.05) is 0 Å². The predicted molar refractivity (Wildman–Crippen MR) is 74.5 cm³/mol. The number of nitrogens with one attached hydrogen (secondary N) is 1. The third-order valence-electron chi connectivity index (χ3n) is 3.78. The highest BCUT2D eigenvalue weighted by atomic mass is 15.3. The maximum absolute atomic E-state index is 4.75. The van der Waals surface area contributed by atoms with E-state index in [4.69, 9.17) is 4.98 Å². The SMILES string of the molecule is CNc1cc(N2CCCC2)nc(N2CCCC2)n1. The van der Waals surface area contributed by atoms with E-state index in [0.29, 0.717) is 0 Å². The molecule has 2 aliphatic heterocycles. The molecule has 2 saturated heterocycles. The first-order valence-corrected chi connectivity index (χ1v) is 6.93. The van der Waals surface area contributed by atoms with Crippen LogP contribution in [0.4, 0.5) is 17.6 Å². The van der Waals surface area contributed by atoms with Crippen LogP contribution in [0.3, 0.4) is 0 Å². The second kappa shape index (κ2) is 5.00. The molecule has 1 aromatic heterocycles. The topological polar surface area (TPSA) is 44.3 Å². The highest BCUT2D eigenvalue weighted by Crippen LogP contribution is 2.25. The fourth-order valence-corrected chi connectivity index (χ4v) is 2.72. The molecule has 0 bridgehead atoms. The van der Waals surface area contributed by atoms with Gasteiger partial charge in [-0.15, -0.1) is 0 Å². The standard InChI is InChI=1S/C13H21N5/c1-14-11-10-12(17-6-2-3-7-17)16-13(15-11)18-8-4-5-9-18/h10H,2-9H2,1H3,(H,14,15,16). The van der Waals surface area contributed by atoms with Gasteiger partial charge in [0.25, 0.3) is 0 Å². The Hall–Kier alpha value is -1.52. The van der Waals surface area contributed by atoms with Gasteiger partial charge in [-0.05, 0) is 25.7 Å². The summed E-state index contributed by atoms with van der Waals surface area (Å²) in [5.74, 6) is 2.89. The predicted octanol–water partition coefficient (Wildman–Crippen LogP) is 1.72. The minimum atomic E-state index is 0.890. The van der Waals surface area contributed by atoms with Crippen molar-refractivity contribution in [2.45, 2.75) is 25.7 Å². The minimum Gasteiger partial charge on any atom is -0.373 e. The average molecular weight is 247 g/mol. The summed E-state index contributed by atoms with van der Waals surface area (Å²) in [7, 11) is 1.92. The summed E-state index contributed by atoms with van der Waals surface area (Å²) in [6, 6.07) is 2.06. The smallest absolute Gasteiger partial charge is 0.229 e. The van der Waals surface area contributed by atoms with Crippen LogP contribution in [-0.2, 0) is 0 Å².